The minimum Gasteiger partial charge on any atom is -0.327 e. The molecule has 1 aromatic carbocycles. The molecule has 19 heavy (non-hydrogen) atoms. The predicted octanol–water partition coefficient (Wildman–Crippen LogP) is 0.142. The predicted molar refractivity (Wildman–Crippen MR) is 71.9 cm³/mol. The van der Waals surface area contributed by atoms with Crippen LogP contribution in [0.25, 0.3) is 0 Å². The maximum atomic E-state index is 12.2. The Hall–Kier alpha value is -1.88. The number of rotatable bonds is 1. The van der Waals surface area contributed by atoms with Gasteiger partial charge in [0.1, 0.15) is 0 Å². The van der Waals surface area contributed by atoms with Gasteiger partial charge in [0.05, 0.1) is 6.04 Å². The van der Waals surface area contributed by atoms with Crippen LogP contribution in [0.15, 0.2) is 24.3 Å². The summed E-state index contributed by atoms with van der Waals surface area (Å²) in [6.07, 6.45) is 0. The third kappa shape index (κ3) is 2.00. The van der Waals surface area contributed by atoms with Crippen molar-refractivity contribution in [1.82, 2.24) is 10.2 Å². The zero-order chi connectivity index (χ0) is 13.4. The highest BCUT2D eigenvalue weighted by atomic mass is 16.2. The first-order valence-electron chi connectivity index (χ1n) is 6.57. The highest BCUT2D eigenvalue weighted by Gasteiger charge is 2.40. The summed E-state index contributed by atoms with van der Waals surface area (Å²) in [6, 6.07) is 7.76. The minimum atomic E-state index is -0.410. The van der Waals surface area contributed by atoms with Crippen LogP contribution in [-0.2, 0) is 9.59 Å². The third-order valence-electron chi connectivity index (χ3n) is 3.84. The lowest BCUT2D eigenvalue weighted by Gasteiger charge is -2.43. The number of piperazine rings is 2. The van der Waals surface area contributed by atoms with E-state index in [4.69, 9.17) is 0 Å². The molecule has 1 aromatic rings. The van der Waals surface area contributed by atoms with Crippen molar-refractivity contribution < 1.29 is 9.59 Å². The lowest BCUT2D eigenvalue weighted by Crippen LogP contribution is -2.66. The second kappa shape index (κ2) is 4.66. The van der Waals surface area contributed by atoms with E-state index < -0.39 is 5.91 Å². The van der Waals surface area contributed by atoms with E-state index in [1.165, 1.54) is 0 Å². The van der Waals surface area contributed by atoms with Crippen LogP contribution >= 0.6 is 0 Å². The summed E-state index contributed by atoms with van der Waals surface area (Å²) in [4.78, 5) is 27.7. The van der Waals surface area contributed by atoms with E-state index in [-0.39, 0.29) is 11.9 Å². The molecule has 0 bridgehead atoms. The zero-order valence-corrected chi connectivity index (χ0v) is 10.9. The van der Waals surface area contributed by atoms with Crippen molar-refractivity contribution >= 4 is 17.5 Å². The Labute approximate surface area is 112 Å². The average Bonchev–Trinajstić information content (AvgIpc) is 2.44. The first-order chi connectivity index (χ1) is 9.18. The lowest BCUT2D eigenvalue weighted by atomic mass is 10.1. The molecule has 0 radical (unpaired) electrons. The fraction of sp³-hybridized carbons (Fsp3) is 0.429. The Morgan fingerprint density at radius 2 is 2.00 bits per heavy atom. The Morgan fingerprint density at radius 3 is 2.79 bits per heavy atom. The van der Waals surface area contributed by atoms with Gasteiger partial charge in [0.25, 0.3) is 0 Å². The summed E-state index contributed by atoms with van der Waals surface area (Å²) in [5.74, 6) is -0.784. The molecule has 2 amide bonds. The van der Waals surface area contributed by atoms with Crippen LogP contribution in [-0.4, -0.2) is 48.9 Å². The van der Waals surface area contributed by atoms with Crippen molar-refractivity contribution in [2.24, 2.45) is 0 Å². The third-order valence-corrected chi connectivity index (χ3v) is 3.84. The van der Waals surface area contributed by atoms with Crippen LogP contribution in [0.1, 0.15) is 5.56 Å². The SMILES string of the molecule is Cc1ccccc1N1CC2CNCCN2C(=O)C1=O. The second-order valence-electron chi connectivity index (χ2n) is 5.06. The number of aryl methyl sites for hydroxylation is 1. The quantitative estimate of drug-likeness (QED) is 0.730. The van der Waals surface area contributed by atoms with Crippen LogP contribution in [0, 0.1) is 6.92 Å². The van der Waals surface area contributed by atoms with Gasteiger partial charge in [0, 0.05) is 31.9 Å². The van der Waals surface area contributed by atoms with Crippen molar-refractivity contribution in [3.8, 4) is 0 Å². The van der Waals surface area contributed by atoms with E-state index in [9.17, 15) is 9.59 Å². The van der Waals surface area contributed by atoms with Crippen LogP contribution < -0.4 is 10.2 Å². The standard InChI is InChI=1S/C14H17N3O2/c1-10-4-2-3-5-12(10)17-9-11-8-15-6-7-16(11)13(18)14(17)19/h2-5,11,15H,6-9H2,1H3. The number of carbonyl (C=O) groups excluding carboxylic acids is 2. The van der Waals surface area contributed by atoms with Gasteiger partial charge in [-0.25, -0.2) is 0 Å². The number of para-hydroxylation sites is 1. The molecule has 5 heteroatoms. The maximum absolute atomic E-state index is 12.2. The first kappa shape index (κ1) is 12.2. The van der Waals surface area contributed by atoms with Crippen LogP contribution in [0.5, 0.6) is 0 Å². The first-order valence-corrected chi connectivity index (χ1v) is 6.57. The molecular weight excluding hydrogens is 242 g/mol. The molecule has 2 heterocycles. The van der Waals surface area contributed by atoms with Gasteiger partial charge < -0.3 is 15.1 Å². The Kier molecular flexibility index (Phi) is 2.98. The van der Waals surface area contributed by atoms with Crippen LogP contribution in [0.4, 0.5) is 5.69 Å². The summed E-state index contributed by atoms with van der Waals surface area (Å²) in [7, 11) is 0. The van der Waals surface area contributed by atoms with Crippen molar-refractivity contribution in [2.45, 2.75) is 13.0 Å². The van der Waals surface area contributed by atoms with E-state index in [0.717, 1.165) is 24.3 Å². The molecule has 1 unspecified atom stereocenters. The molecule has 0 aliphatic carbocycles. The molecule has 5 nitrogen and oxygen atoms in total. The summed E-state index contributed by atoms with van der Waals surface area (Å²) in [5.41, 5.74) is 1.85. The van der Waals surface area contributed by atoms with E-state index in [2.05, 4.69) is 5.32 Å². The summed E-state index contributed by atoms with van der Waals surface area (Å²) >= 11 is 0. The van der Waals surface area contributed by atoms with Gasteiger partial charge >= 0.3 is 11.8 Å². The molecule has 0 spiro atoms. The number of amides is 2. The molecule has 0 saturated carbocycles. The number of nitrogens with zero attached hydrogens (tertiary/aromatic N) is 2. The molecule has 1 N–H and O–H groups in total. The van der Waals surface area contributed by atoms with Crippen LogP contribution in [0.3, 0.4) is 0 Å². The van der Waals surface area contributed by atoms with Gasteiger partial charge in [0.2, 0.25) is 0 Å². The van der Waals surface area contributed by atoms with Gasteiger partial charge in [-0.2, -0.15) is 0 Å². The number of hydrogen-bond acceptors (Lipinski definition) is 3. The number of fused-ring (bicyclic) bond motifs is 1. The van der Waals surface area contributed by atoms with E-state index in [1.54, 1.807) is 9.80 Å². The fourth-order valence-corrected chi connectivity index (χ4v) is 2.80. The lowest BCUT2D eigenvalue weighted by molar-refractivity contribution is -0.149. The molecule has 1 atom stereocenters. The summed E-state index contributed by atoms with van der Waals surface area (Å²) in [5, 5.41) is 3.27. The van der Waals surface area contributed by atoms with Crippen molar-refractivity contribution in [3.05, 3.63) is 29.8 Å². The number of carbonyl (C=O) groups is 2. The molecule has 0 aromatic heterocycles. The monoisotopic (exact) mass is 259 g/mol. The molecule has 2 fully saturated rings. The van der Waals surface area contributed by atoms with Gasteiger partial charge in [-0.1, -0.05) is 18.2 Å². The molecule has 100 valence electrons. The highest BCUT2D eigenvalue weighted by molar-refractivity contribution is 6.41. The summed E-state index contributed by atoms with van der Waals surface area (Å²) < 4.78 is 0. The smallest absolute Gasteiger partial charge is 0.316 e. The van der Waals surface area contributed by atoms with Gasteiger partial charge in [0.15, 0.2) is 0 Å². The fourth-order valence-electron chi connectivity index (χ4n) is 2.80. The molecule has 2 aliphatic rings. The van der Waals surface area contributed by atoms with Crippen molar-refractivity contribution in [1.29, 1.82) is 0 Å². The normalized spacial score (nSPS) is 23.5. The van der Waals surface area contributed by atoms with Crippen LogP contribution in [0.2, 0.25) is 0 Å². The van der Waals surface area contributed by atoms with Crippen molar-refractivity contribution in [2.75, 3.05) is 31.1 Å². The highest BCUT2D eigenvalue weighted by Crippen LogP contribution is 2.24. The van der Waals surface area contributed by atoms with Gasteiger partial charge in [-0.3, -0.25) is 9.59 Å². The number of anilines is 1. The van der Waals surface area contributed by atoms with E-state index in [1.807, 2.05) is 31.2 Å². The zero-order valence-electron chi connectivity index (χ0n) is 10.9. The Morgan fingerprint density at radius 1 is 1.21 bits per heavy atom. The largest absolute Gasteiger partial charge is 0.327 e. The van der Waals surface area contributed by atoms with Gasteiger partial charge in [-0.05, 0) is 18.6 Å². The maximum Gasteiger partial charge on any atom is 0.316 e. The van der Waals surface area contributed by atoms with Crippen molar-refractivity contribution in [3.63, 3.8) is 0 Å². The average molecular weight is 259 g/mol. The molecule has 2 saturated heterocycles. The molecule has 2 aliphatic heterocycles. The second-order valence-corrected chi connectivity index (χ2v) is 5.06. The molecule has 3 rings (SSSR count). The Balaban J connectivity index is 1.93. The molecular formula is C14H17N3O2. The van der Waals surface area contributed by atoms with E-state index >= 15 is 0 Å². The van der Waals surface area contributed by atoms with E-state index in [0.29, 0.717) is 13.1 Å². The van der Waals surface area contributed by atoms with Gasteiger partial charge in [-0.15, -0.1) is 0 Å². The summed E-state index contributed by atoms with van der Waals surface area (Å²) in [6.45, 7) is 4.67. The number of hydrogen-bond donors (Lipinski definition) is 1. The topological polar surface area (TPSA) is 52.6 Å². The number of benzene rings is 1. The Bertz CT molecular complexity index is 529. The number of nitrogens with one attached hydrogen (secondary N) is 1. The minimum absolute atomic E-state index is 0.0820.